The molecular weight excluding hydrogens is 280 g/mol. The van der Waals surface area contributed by atoms with Crippen LogP contribution in [-0.2, 0) is 10.8 Å². The minimum Gasteiger partial charge on any atom is -0.294 e. The van der Waals surface area contributed by atoms with Crippen LogP contribution in [0.2, 0.25) is 0 Å². The molecule has 0 spiro atoms. The lowest BCUT2D eigenvalue weighted by Gasteiger charge is -2.37. The SMILES string of the molecule is CC(C)c1ccc(C(=O)C2CC3CCCC(C2)S3=O)cc1. The van der Waals surface area contributed by atoms with E-state index in [1.54, 1.807) is 0 Å². The standard InChI is InChI=1S/C18H24O2S/c1-12(2)13-6-8-14(9-7-13)18(19)15-10-16-4-3-5-17(11-15)21(16)20/h6-9,12,15-17H,3-5,10-11H2,1-2H3. The Bertz CT molecular complexity index is 531. The molecule has 2 fully saturated rings. The van der Waals surface area contributed by atoms with E-state index in [1.807, 2.05) is 12.1 Å². The lowest BCUT2D eigenvalue weighted by molar-refractivity contribution is 0.0895. The van der Waals surface area contributed by atoms with Crippen molar-refractivity contribution < 1.29 is 9.00 Å². The highest BCUT2D eigenvalue weighted by atomic mass is 32.2. The molecule has 2 bridgehead atoms. The van der Waals surface area contributed by atoms with Gasteiger partial charge in [0.15, 0.2) is 5.78 Å². The zero-order chi connectivity index (χ0) is 15.0. The van der Waals surface area contributed by atoms with Crippen molar-refractivity contribution in [3.8, 4) is 0 Å². The zero-order valence-electron chi connectivity index (χ0n) is 12.9. The van der Waals surface area contributed by atoms with Crippen molar-refractivity contribution in [1.29, 1.82) is 0 Å². The Kier molecular flexibility index (Phi) is 4.30. The topological polar surface area (TPSA) is 34.1 Å². The van der Waals surface area contributed by atoms with Crippen molar-refractivity contribution in [3.63, 3.8) is 0 Å². The second kappa shape index (κ2) is 6.04. The van der Waals surface area contributed by atoms with Gasteiger partial charge in [0.2, 0.25) is 0 Å². The van der Waals surface area contributed by atoms with E-state index in [4.69, 9.17) is 0 Å². The Balaban J connectivity index is 1.75. The van der Waals surface area contributed by atoms with E-state index in [2.05, 4.69) is 26.0 Å². The number of hydrogen-bond acceptors (Lipinski definition) is 2. The summed E-state index contributed by atoms with van der Waals surface area (Å²) < 4.78 is 12.2. The maximum Gasteiger partial charge on any atom is 0.166 e. The zero-order valence-corrected chi connectivity index (χ0v) is 13.7. The average molecular weight is 304 g/mol. The maximum atomic E-state index is 12.7. The van der Waals surface area contributed by atoms with Crippen LogP contribution in [0.5, 0.6) is 0 Å². The smallest absolute Gasteiger partial charge is 0.166 e. The van der Waals surface area contributed by atoms with Gasteiger partial charge < -0.3 is 0 Å². The van der Waals surface area contributed by atoms with Gasteiger partial charge in [0, 0.05) is 32.8 Å². The number of Topliss-reactive ketones (excluding diaryl/α,β-unsaturated/α-hetero) is 1. The third-order valence-electron chi connectivity index (χ3n) is 5.04. The van der Waals surface area contributed by atoms with E-state index in [1.165, 1.54) is 12.0 Å². The molecule has 3 rings (SSSR count). The van der Waals surface area contributed by atoms with E-state index >= 15 is 0 Å². The molecule has 2 heterocycles. The summed E-state index contributed by atoms with van der Waals surface area (Å²) in [6.07, 6.45) is 4.92. The maximum absolute atomic E-state index is 12.7. The Morgan fingerprint density at radius 3 is 2.19 bits per heavy atom. The van der Waals surface area contributed by atoms with Gasteiger partial charge in [-0.1, -0.05) is 44.5 Å². The number of hydrogen-bond donors (Lipinski definition) is 0. The van der Waals surface area contributed by atoms with E-state index in [-0.39, 0.29) is 22.2 Å². The third-order valence-corrected chi connectivity index (χ3v) is 7.21. The molecule has 2 atom stereocenters. The predicted molar refractivity (Wildman–Crippen MR) is 87.2 cm³/mol. The van der Waals surface area contributed by atoms with Crippen LogP contribution in [0.1, 0.15) is 67.8 Å². The molecule has 2 aliphatic rings. The second-order valence-corrected chi connectivity index (χ2v) is 8.80. The van der Waals surface area contributed by atoms with Gasteiger partial charge >= 0.3 is 0 Å². The fourth-order valence-corrected chi connectivity index (χ4v) is 5.90. The van der Waals surface area contributed by atoms with Crippen LogP contribution >= 0.6 is 0 Å². The fraction of sp³-hybridized carbons (Fsp3) is 0.611. The van der Waals surface area contributed by atoms with Crippen molar-refractivity contribution in [2.45, 2.75) is 62.4 Å². The minimum atomic E-state index is -0.692. The molecule has 3 heteroatoms. The molecule has 0 amide bonds. The highest BCUT2D eigenvalue weighted by Crippen LogP contribution is 2.38. The van der Waals surface area contributed by atoms with Crippen LogP contribution in [0.3, 0.4) is 0 Å². The van der Waals surface area contributed by atoms with Crippen LogP contribution in [0.25, 0.3) is 0 Å². The molecule has 2 nitrogen and oxygen atoms in total. The summed E-state index contributed by atoms with van der Waals surface area (Å²) in [4.78, 5) is 12.7. The molecule has 0 saturated carbocycles. The summed E-state index contributed by atoms with van der Waals surface area (Å²) in [5, 5.41) is 0.530. The first-order chi connectivity index (χ1) is 10.1. The fourth-order valence-electron chi connectivity index (χ4n) is 3.72. The van der Waals surface area contributed by atoms with Crippen LogP contribution < -0.4 is 0 Å². The lowest BCUT2D eigenvalue weighted by atomic mass is 9.84. The van der Waals surface area contributed by atoms with Crippen molar-refractivity contribution in [2.75, 3.05) is 0 Å². The Morgan fingerprint density at radius 1 is 1.10 bits per heavy atom. The van der Waals surface area contributed by atoms with Crippen LogP contribution in [-0.4, -0.2) is 20.5 Å². The summed E-state index contributed by atoms with van der Waals surface area (Å²) in [5.74, 6) is 0.840. The average Bonchev–Trinajstić information content (AvgIpc) is 2.46. The van der Waals surface area contributed by atoms with Crippen molar-refractivity contribution in [1.82, 2.24) is 0 Å². The number of fused-ring (bicyclic) bond motifs is 2. The van der Waals surface area contributed by atoms with Gasteiger partial charge in [-0.05, 0) is 37.2 Å². The van der Waals surface area contributed by atoms with Crippen LogP contribution in [0, 0.1) is 5.92 Å². The first-order valence-corrected chi connectivity index (χ1v) is 9.37. The van der Waals surface area contributed by atoms with Crippen molar-refractivity contribution in [2.24, 2.45) is 5.92 Å². The number of carbonyl (C=O) groups excluding carboxylic acids is 1. The first-order valence-electron chi connectivity index (χ1n) is 8.10. The molecule has 2 saturated heterocycles. The molecular formula is C18H24O2S. The molecule has 2 aliphatic heterocycles. The number of carbonyl (C=O) groups is 1. The van der Waals surface area contributed by atoms with Gasteiger partial charge in [0.05, 0.1) is 0 Å². The highest BCUT2D eigenvalue weighted by Gasteiger charge is 2.40. The summed E-state index contributed by atoms with van der Waals surface area (Å²) in [5.41, 5.74) is 2.10. The van der Waals surface area contributed by atoms with Crippen molar-refractivity contribution in [3.05, 3.63) is 35.4 Å². The molecule has 0 N–H and O–H groups in total. The van der Waals surface area contributed by atoms with E-state index in [9.17, 15) is 9.00 Å². The number of ketones is 1. The van der Waals surface area contributed by atoms with Gasteiger partial charge in [-0.3, -0.25) is 9.00 Å². The second-order valence-electron chi connectivity index (χ2n) is 6.81. The van der Waals surface area contributed by atoms with Gasteiger partial charge in [-0.25, -0.2) is 0 Å². The molecule has 114 valence electrons. The van der Waals surface area contributed by atoms with Crippen molar-refractivity contribution >= 4 is 16.6 Å². The molecule has 1 aromatic carbocycles. The summed E-state index contributed by atoms with van der Waals surface area (Å²) in [6, 6.07) is 8.08. The predicted octanol–water partition coefficient (Wildman–Crippen LogP) is 4.07. The van der Waals surface area contributed by atoms with Crippen LogP contribution in [0.4, 0.5) is 0 Å². The molecule has 2 unspecified atom stereocenters. The molecule has 0 aliphatic carbocycles. The Morgan fingerprint density at radius 2 is 1.67 bits per heavy atom. The molecule has 1 aromatic rings. The highest BCUT2D eigenvalue weighted by molar-refractivity contribution is 7.86. The number of benzene rings is 1. The first kappa shape index (κ1) is 15.0. The van der Waals surface area contributed by atoms with E-state index in [0.717, 1.165) is 31.2 Å². The Hall–Kier alpha value is -0.960. The summed E-state index contributed by atoms with van der Waals surface area (Å²) in [7, 11) is -0.692. The summed E-state index contributed by atoms with van der Waals surface area (Å²) in [6.45, 7) is 4.32. The third kappa shape index (κ3) is 2.98. The number of rotatable bonds is 3. The van der Waals surface area contributed by atoms with E-state index in [0.29, 0.717) is 5.92 Å². The largest absolute Gasteiger partial charge is 0.294 e. The Labute approximate surface area is 129 Å². The summed E-state index contributed by atoms with van der Waals surface area (Å²) >= 11 is 0. The monoisotopic (exact) mass is 304 g/mol. The van der Waals surface area contributed by atoms with Crippen LogP contribution in [0.15, 0.2) is 24.3 Å². The minimum absolute atomic E-state index is 0.0860. The van der Waals surface area contributed by atoms with Gasteiger partial charge in [0.25, 0.3) is 0 Å². The molecule has 21 heavy (non-hydrogen) atoms. The molecule has 0 radical (unpaired) electrons. The molecule has 0 aromatic heterocycles. The lowest BCUT2D eigenvalue weighted by Crippen LogP contribution is -2.41. The quantitative estimate of drug-likeness (QED) is 0.789. The van der Waals surface area contributed by atoms with Gasteiger partial charge in [-0.2, -0.15) is 0 Å². The van der Waals surface area contributed by atoms with Gasteiger partial charge in [0.1, 0.15) is 0 Å². The normalized spacial score (nSPS) is 32.1. The van der Waals surface area contributed by atoms with E-state index < -0.39 is 10.8 Å². The van der Waals surface area contributed by atoms with Gasteiger partial charge in [-0.15, -0.1) is 0 Å².